The van der Waals surface area contributed by atoms with E-state index in [0.717, 1.165) is 71.4 Å². The molecule has 3 heterocycles. The van der Waals surface area contributed by atoms with Crippen LogP contribution in [0.3, 0.4) is 0 Å². The summed E-state index contributed by atoms with van der Waals surface area (Å²) >= 11 is 0. The monoisotopic (exact) mass is 538 g/mol. The van der Waals surface area contributed by atoms with Crippen LogP contribution < -0.4 is 11.5 Å². The zero-order valence-corrected chi connectivity index (χ0v) is 24.1. The van der Waals surface area contributed by atoms with Gasteiger partial charge in [-0.2, -0.15) is 0 Å². The van der Waals surface area contributed by atoms with E-state index in [9.17, 15) is 4.79 Å². The van der Waals surface area contributed by atoms with Crippen molar-refractivity contribution in [2.45, 2.75) is 46.0 Å². The molecular formula is C33H42N6O. The van der Waals surface area contributed by atoms with Gasteiger partial charge >= 0.3 is 0 Å². The van der Waals surface area contributed by atoms with Gasteiger partial charge in [0, 0.05) is 41.7 Å². The summed E-state index contributed by atoms with van der Waals surface area (Å²) in [5.41, 5.74) is 17.4. The lowest BCUT2D eigenvalue weighted by molar-refractivity contribution is 0.0615. The molecule has 0 unspecified atom stereocenters. The van der Waals surface area contributed by atoms with Crippen LogP contribution in [0.2, 0.25) is 0 Å². The number of hydrogen-bond donors (Lipinski definition) is 2. The topological polar surface area (TPSA) is 101 Å². The number of nitrogens with zero attached hydrogens (tertiary/aromatic N) is 4. The number of aryl methyl sites for hydroxylation is 2. The number of aromatic nitrogens is 2. The Kier molecular flexibility index (Phi) is 9.79. The van der Waals surface area contributed by atoms with Gasteiger partial charge in [-0.1, -0.05) is 31.4 Å². The van der Waals surface area contributed by atoms with E-state index in [1.165, 1.54) is 32.1 Å². The number of amides is 1. The number of benzene rings is 1. The van der Waals surface area contributed by atoms with Gasteiger partial charge < -0.3 is 21.3 Å². The Morgan fingerprint density at radius 1 is 1.10 bits per heavy atom. The number of rotatable bonds is 6. The molecule has 0 spiro atoms. The summed E-state index contributed by atoms with van der Waals surface area (Å²) in [7, 11) is 2.21. The lowest BCUT2D eigenvalue weighted by Crippen LogP contribution is -2.42. The Balaban J connectivity index is 1.52. The summed E-state index contributed by atoms with van der Waals surface area (Å²) in [6.07, 6.45) is 11.9. The maximum absolute atomic E-state index is 13.5. The molecule has 4 N–H and O–H groups in total. The molecule has 0 bridgehead atoms. The fourth-order valence-electron chi connectivity index (χ4n) is 5.81. The minimum absolute atomic E-state index is 0.119. The zero-order valence-electron chi connectivity index (χ0n) is 24.1. The summed E-state index contributed by atoms with van der Waals surface area (Å²) in [5.74, 6) is 7.99. The van der Waals surface area contributed by atoms with Crippen molar-refractivity contribution in [3.63, 3.8) is 0 Å². The molecule has 2 fully saturated rings. The third-order valence-electron chi connectivity index (χ3n) is 8.24. The van der Waals surface area contributed by atoms with Gasteiger partial charge in [0.05, 0.1) is 17.0 Å². The highest BCUT2D eigenvalue weighted by Crippen LogP contribution is 2.33. The number of carbonyl (C=O) groups excluding carboxylic acids is 1. The molecule has 1 amide bonds. The summed E-state index contributed by atoms with van der Waals surface area (Å²) in [6.45, 7) is 11.8. The first-order valence-electron chi connectivity index (χ1n) is 14.3. The Morgan fingerprint density at radius 3 is 2.38 bits per heavy atom. The normalized spacial score (nSPS) is 17.6. The molecule has 40 heavy (non-hydrogen) atoms. The van der Waals surface area contributed by atoms with Gasteiger partial charge in [0.2, 0.25) is 0 Å². The van der Waals surface area contributed by atoms with Crippen LogP contribution in [-0.4, -0.2) is 58.9 Å². The van der Waals surface area contributed by atoms with Gasteiger partial charge in [0.1, 0.15) is 6.33 Å². The molecule has 0 radical (unpaired) electrons. The van der Waals surface area contributed by atoms with Crippen LogP contribution in [0.15, 0.2) is 60.7 Å². The van der Waals surface area contributed by atoms with E-state index in [2.05, 4.69) is 40.3 Å². The SMILES string of the molecule is C=C(N)/C=C\C(C#Cc1c(CC)ncnc1-c1ccc(C(=O)N2CCC(C3CCN(C)CC3)CC2)c(C)c1)=C/N. The summed E-state index contributed by atoms with van der Waals surface area (Å²) in [5, 5.41) is 0. The van der Waals surface area contributed by atoms with Crippen molar-refractivity contribution in [3.05, 3.63) is 83.1 Å². The van der Waals surface area contributed by atoms with E-state index >= 15 is 0 Å². The first kappa shape index (κ1) is 29.1. The van der Waals surface area contributed by atoms with E-state index < -0.39 is 0 Å². The van der Waals surface area contributed by atoms with Crippen molar-refractivity contribution < 1.29 is 4.79 Å². The smallest absolute Gasteiger partial charge is 0.254 e. The van der Waals surface area contributed by atoms with Crippen LogP contribution in [0.25, 0.3) is 11.3 Å². The lowest BCUT2D eigenvalue weighted by Gasteiger charge is -2.39. The highest BCUT2D eigenvalue weighted by atomic mass is 16.2. The van der Waals surface area contributed by atoms with E-state index in [1.54, 1.807) is 18.5 Å². The molecule has 0 atom stereocenters. The third-order valence-corrected chi connectivity index (χ3v) is 8.24. The van der Waals surface area contributed by atoms with Crippen LogP contribution in [0.1, 0.15) is 59.8 Å². The Bertz CT molecular complexity index is 1350. The largest absolute Gasteiger partial charge is 0.404 e. The minimum Gasteiger partial charge on any atom is -0.404 e. The Morgan fingerprint density at radius 2 is 1.77 bits per heavy atom. The number of piperidine rings is 2. The molecular weight excluding hydrogens is 496 g/mol. The maximum atomic E-state index is 13.5. The van der Waals surface area contributed by atoms with Crippen molar-refractivity contribution in [3.8, 4) is 23.1 Å². The highest BCUT2D eigenvalue weighted by Gasteiger charge is 2.31. The summed E-state index contributed by atoms with van der Waals surface area (Å²) in [4.78, 5) is 27.0. The van der Waals surface area contributed by atoms with Gasteiger partial charge in [-0.25, -0.2) is 9.97 Å². The maximum Gasteiger partial charge on any atom is 0.254 e. The second-order valence-corrected chi connectivity index (χ2v) is 11.0. The molecule has 2 saturated heterocycles. The van der Waals surface area contributed by atoms with E-state index in [4.69, 9.17) is 11.5 Å². The van der Waals surface area contributed by atoms with Crippen LogP contribution in [0.4, 0.5) is 0 Å². The second kappa shape index (κ2) is 13.5. The molecule has 7 heteroatoms. The molecule has 7 nitrogen and oxygen atoms in total. The molecule has 0 aliphatic carbocycles. The molecule has 1 aromatic carbocycles. The van der Waals surface area contributed by atoms with Gasteiger partial charge in [-0.15, -0.1) is 0 Å². The van der Waals surface area contributed by atoms with E-state index in [-0.39, 0.29) is 5.91 Å². The Labute approximate surface area is 239 Å². The van der Waals surface area contributed by atoms with E-state index in [1.807, 2.05) is 36.9 Å². The quantitative estimate of drug-likeness (QED) is 0.417. The minimum atomic E-state index is 0.119. The average molecular weight is 539 g/mol. The van der Waals surface area contributed by atoms with E-state index in [0.29, 0.717) is 17.7 Å². The molecule has 2 aromatic rings. The number of carbonyl (C=O) groups is 1. The van der Waals surface area contributed by atoms with Crippen molar-refractivity contribution in [1.82, 2.24) is 19.8 Å². The molecule has 2 aliphatic rings. The molecule has 4 rings (SSSR count). The number of likely N-dealkylation sites (tertiary alicyclic amines) is 2. The second-order valence-electron chi connectivity index (χ2n) is 11.0. The lowest BCUT2D eigenvalue weighted by atomic mass is 9.79. The first-order valence-corrected chi connectivity index (χ1v) is 14.3. The molecule has 2 aliphatic heterocycles. The molecule has 210 valence electrons. The fourth-order valence-corrected chi connectivity index (χ4v) is 5.81. The van der Waals surface area contributed by atoms with Crippen molar-refractivity contribution in [2.24, 2.45) is 23.3 Å². The molecule has 1 aromatic heterocycles. The summed E-state index contributed by atoms with van der Waals surface area (Å²) < 4.78 is 0. The summed E-state index contributed by atoms with van der Waals surface area (Å²) in [6, 6.07) is 5.93. The zero-order chi connectivity index (χ0) is 28.6. The number of nitrogens with two attached hydrogens (primary N) is 2. The van der Waals surface area contributed by atoms with Gasteiger partial charge in [0.25, 0.3) is 5.91 Å². The predicted octanol–water partition coefficient (Wildman–Crippen LogP) is 4.43. The van der Waals surface area contributed by atoms with Gasteiger partial charge in [0.15, 0.2) is 0 Å². The predicted molar refractivity (Wildman–Crippen MR) is 162 cm³/mol. The number of hydrogen-bond acceptors (Lipinski definition) is 6. The third kappa shape index (κ3) is 7.00. The molecule has 0 saturated carbocycles. The van der Waals surface area contributed by atoms with Crippen molar-refractivity contribution >= 4 is 5.91 Å². The fraction of sp³-hybridized carbons (Fsp3) is 0.424. The first-order chi connectivity index (χ1) is 19.3. The van der Waals surface area contributed by atoms with Crippen LogP contribution in [-0.2, 0) is 6.42 Å². The highest BCUT2D eigenvalue weighted by molar-refractivity contribution is 5.96. The average Bonchev–Trinajstić information content (AvgIpc) is 2.97. The standard InChI is InChI=1S/C33H42N6O/c1-5-31-30(10-8-25(21-34)7-6-24(3)35)32(37-22-36-31)28-9-11-29(23(2)20-28)33(40)39-18-14-27(15-19-39)26-12-16-38(4)17-13-26/h6-7,9,11,20-22,26-27H,3,5,12-19,34-35H2,1-2,4H3/b7-6-,25-21+. The van der Waals surface area contributed by atoms with Crippen molar-refractivity contribution in [1.29, 1.82) is 0 Å². The van der Waals surface area contributed by atoms with Crippen LogP contribution in [0.5, 0.6) is 0 Å². The van der Waals surface area contributed by atoms with Crippen LogP contribution in [0, 0.1) is 30.6 Å². The number of allylic oxidation sites excluding steroid dienone is 3. The Hall–Kier alpha value is -3.89. The van der Waals surface area contributed by atoms with Gasteiger partial charge in [-0.3, -0.25) is 4.79 Å². The van der Waals surface area contributed by atoms with Gasteiger partial charge in [-0.05, 0) is 101 Å². The van der Waals surface area contributed by atoms with Crippen LogP contribution >= 0.6 is 0 Å². The van der Waals surface area contributed by atoms with Crippen molar-refractivity contribution in [2.75, 3.05) is 33.2 Å².